The SMILES string of the molecule is CCOc1cc2oc(=O)cc(O)c2c(OCC)c1[N+](=O)[O-]. The Morgan fingerprint density at radius 3 is 2.52 bits per heavy atom. The van der Waals surface area contributed by atoms with Crippen LogP contribution in [0.1, 0.15) is 13.8 Å². The van der Waals surface area contributed by atoms with Crippen LogP contribution in [0.15, 0.2) is 21.3 Å². The molecule has 0 aliphatic heterocycles. The molecule has 1 aromatic heterocycles. The summed E-state index contributed by atoms with van der Waals surface area (Å²) in [6.07, 6.45) is 0. The van der Waals surface area contributed by atoms with Gasteiger partial charge in [-0.2, -0.15) is 0 Å². The van der Waals surface area contributed by atoms with E-state index in [0.29, 0.717) is 0 Å². The second-order valence-electron chi connectivity index (χ2n) is 4.00. The summed E-state index contributed by atoms with van der Waals surface area (Å²) in [7, 11) is 0. The highest BCUT2D eigenvalue weighted by Gasteiger charge is 2.29. The lowest BCUT2D eigenvalue weighted by molar-refractivity contribution is -0.386. The van der Waals surface area contributed by atoms with E-state index >= 15 is 0 Å². The molecule has 1 heterocycles. The Kier molecular flexibility index (Phi) is 3.97. The van der Waals surface area contributed by atoms with Crippen LogP contribution in [0.25, 0.3) is 11.0 Å². The molecule has 8 nitrogen and oxygen atoms in total. The van der Waals surface area contributed by atoms with Gasteiger partial charge in [-0.25, -0.2) is 4.79 Å². The van der Waals surface area contributed by atoms with Crippen LogP contribution >= 0.6 is 0 Å². The Morgan fingerprint density at radius 2 is 1.95 bits per heavy atom. The van der Waals surface area contributed by atoms with E-state index in [2.05, 4.69) is 0 Å². The minimum Gasteiger partial charge on any atom is -0.507 e. The quantitative estimate of drug-likeness (QED) is 0.511. The highest BCUT2D eigenvalue weighted by Crippen LogP contribution is 2.45. The molecule has 21 heavy (non-hydrogen) atoms. The molecule has 2 rings (SSSR count). The number of nitro groups is 1. The van der Waals surface area contributed by atoms with Gasteiger partial charge in [-0.1, -0.05) is 0 Å². The lowest BCUT2D eigenvalue weighted by Crippen LogP contribution is -2.04. The molecule has 112 valence electrons. The fourth-order valence-corrected chi connectivity index (χ4v) is 1.97. The van der Waals surface area contributed by atoms with Crippen LogP contribution in [-0.4, -0.2) is 23.2 Å². The number of benzene rings is 1. The number of nitro benzene ring substituents is 1. The van der Waals surface area contributed by atoms with Crippen LogP contribution in [0, 0.1) is 10.1 Å². The number of hydrogen-bond acceptors (Lipinski definition) is 7. The van der Waals surface area contributed by atoms with Crippen LogP contribution in [0.5, 0.6) is 17.2 Å². The molecular formula is C13H13NO7. The zero-order chi connectivity index (χ0) is 15.6. The fourth-order valence-electron chi connectivity index (χ4n) is 1.97. The van der Waals surface area contributed by atoms with E-state index in [9.17, 15) is 20.0 Å². The first-order valence-electron chi connectivity index (χ1n) is 6.23. The zero-order valence-corrected chi connectivity index (χ0v) is 11.4. The summed E-state index contributed by atoms with van der Waals surface area (Å²) >= 11 is 0. The Morgan fingerprint density at radius 1 is 1.29 bits per heavy atom. The third kappa shape index (κ3) is 2.60. The largest absolute Gasteiger partial charge is 0.507 e. The lowest BCUT2D eigenvalue weighted by atomic mass is 10.1. The van der Waals surface area contributed by atoms with Gasteiger partial charge in [0, 0.05) is 6.07 Å². The predicted octanol–water partition coefficient (Wildman–Crippen LogP) is 2.20. The molecule has 0 aliphatic carbocycles. The minimum absolute atomic E-state index is 0.0356. The maximum absolute atomic E-state index is 11.3. The van der Waals surface area contributed by atoms with Crippen molar-refractivity contribution in [1.29, 1.82) is 0 Å². The number of aromatic hydroxyl groups is 1. The fraction of sp³-hybridized carbons (Fsp3) is 0.308. The third-order valence-corrected chi connectivity index (χ3v) is 2.68. The topological polar surface area (TPSA) is 112 Å². The smallest absolute Gasteiger partial charge is 0.353 e. The van der Waals surface area contributed by atoms with E-state index in [0.717, 1.165) is 6.07 Å². The first kappa shape index (κ1) is 14.6. The predicted molar refractivity (Wildman–Crippen MR) is 73.1 cm³/mol. The molecule has 2 aromatic rings. The van der Waals surface area contributed by atoms with Crippen molar-refractivity contribution in [3.63, 3.8) is 0 Å². The summed E-state index contributed by atoms with van der Waals surface area (Å²) in [5, 5.41) is 21.1. The second kappa shape index (κ2) is 5.70. The van der Waals surface area contributed by atoms with Crippen LogP contribution in [-0.2, 0) is 0 Å². The first-order chi connectivity index (χ1) is 9.99. The summed E-state index contributed by atoms with van der Waals surface area (Å²) in [6, 6.07) is 2.02. The van der Waals surface area contributed by atoms with Gasteiger partial charge in [-0.05, 0) is 13.8 Å². The van der Waals surface area contributed by atoms with Gasteiger partial charge in [0.2, 0.25) is 11.5 Å². The standard InChI is InChI=1S/C13H13NO7/c1-3-19-9-6-8-11(7(15)5-10(16)21-8)13(20-4-2)12(9)14(17)18/h5-6,15H,3-4H2,1-2H3. The second-order valence-corrected chi connectivity index (χ2v) is 4.00. The van der Waals surface area contributed by atoms with E-state index < -0.39 is 22.0 Å². The molecular weight excluding hydrogens is 282 g/mol. The van der Waals surface area contributed by atoms with Gasteiger partial charge < -0.3 is 19.0 Å². The van der Waals surface area contributed by atoms with Gasteiger partial charge >= 0.3 is 11.3 Å². The average Bonchev–Trinajstić information content (AvgIpc) is 2.37. The molecule has 0 atom stereocenters. The van der Waals surface area contributed by atoms with Gasteiger partial charge in [0.1, 0.15) is 16.7 Å². The van der Waals surface area contributed by atoms with Gasteiger partial charge in [0.15, 0.2) is 0 Å². The van der Waals surface area contributed by atoms with Crippen molar-refractivity contribution in [1.82, 2.24) is 0 Å². The number of fused-ring (bicyclic) bond motifs is 1. The molecule has 0 aliphatic rings. The van der Waals surface area contributed by atoms with Gasteiger partial charge in [0.25, 0.3) is 0 Å². The van der Waals surface area contributed by atoms with E-state index in [-0.39, 0.29) is 35.7 Å². The monoisotopic (exact) mass is 295 g/mol. The Bertz CT molecular complexity index is 750. The molecule has 0 fully saturated rings. The summed E-state index contributed by atoms with van der Waals surface area (Å²) in [5.41, 5.74) is -1.24. The van der Waals surface area contributed by atoms with Crippen molar-refractivity contribution in [2.75, 3.05) is 13.2 Å². The molecule has 0 radical (unpaired) electrons. The van der Waals surface area contributed by atoms with Crippen LogP contribution in [0.2, 0.25) is 0 Å². The number of hydrogen-bond donors (Lipinski definition) is 1. The molecule has 0 spiro atoms. The Balaban J connectivity index is 2.94. The highest BCUT2D eigenvalue weighted by molar-refractivity contribution is 5.95. The summed E-state index contributed by atoms with van der Waals surface area (Å²) < 4.78 is 15.4. The van der Waals surface area contributed by atoms with Gasteiger partial charge in [-0.15, -0.1) is 0 Å². The minimum atomic E-state index is -0.779. The molecule has 8 heteroatoms. The van der Waals surface area contributed by atoms with E-state index in [4.69, 9.17) is 13.9 Å². The van der Waals surface area contributed by atoms with Crippen LogP contribution in [0.4, 0.5) is 5.69 Å². The van der Waals surface area contributed by atoms with Crippen molar-refractivity contribution < 1.29 is 23.9 Å². The molecule has 1 aromatic carbocycles. The Labute approximate surface area is 118 Å². The maximum atomic E-state index is 11.3. The number of rotatable bonds is 5. The van der Waals surface area contributed by atoms with Crippen molar-refractivity contribution in [3.05, 3.63) is 32.7 Å². The molecule has 0 bridgehead atoms. The molecule has 0 saturated carbocycles. The molecule has 0 amide bonds. The maximum Gasteiger partial charge on any atom is 0.353 e. The van der Waals surface area contributed by atoms with Crippen molar-refractivity contribution in [2.45, 2.75) is 13.8 Å². The van der Waals surface area contributed by atoms with E-state index in [1.165, 1.54) is 6.07 Å². The van der Waals surface area contributed by atoms with Gasteiger partial charge in [0.05, 0.1) is 24.2 Å². The summed E-state index contributed by atoms with van der Waals surface area (Å²) in [5.74, 6) is -0.729. The van der Waals surface area contributed by atoms with Crippen LogP contribution < -0.4 is 15.1 Å². The lowest BCUT2D eigenvalue weighted by Gasteiger charge is -2.12. The summed E-state index contributed by atoms with van der Waals surface area (Å²) in [6.45, 7) is 3.61. The normalized spacial score (nSPS) is 10.6. The molecule has 0 saturated heterocycles. The molecule has 0 unspecified atom stereocenters. The highest BCUT2D eigenvalue weighted by atomic mass is 16.6. The van der Waals surface area contributed by atoms with Crippen molar-refractivity contribution >= 4 is 16.7 Å². The van der Waals surface area contributed by atoms with E-state index in [1.807, 2.05) is 0 Å². The zero-order valence-electron chi connectivity index (χ0n) is 11.4. The number of ether oxygens (including phenoxy) is 2. The molecule has 1 N–H and O–H groups in total. The Hall–Kier alpha value is -2.77. The van der Waals surface area contributed by atoms with Gasteiger partial charge in [-0.3, -0.25) is 10.1 Å². The van der Waals surface area contributed by atoms with Crippen molar-refractivity contribution in [2.24, 2.45) is 0 Å². The van der Waals surface area contributed by atoms with Crippen LogP contribution in [0.3, 0.4) is 0 Å². The average molecular weight is 295 g/mol. The first-order valence-corrected chi connectivity index (χ1v) is 6.23. The van der Waals surface area contributed by atoms with E-state index in [1.54, 1.807) is 13.8 Å². The number of nitrogens with zero attached hydrogens (tertiary/aromatic N) is 1. The van der Waals surface area contributed by atoms with Crippen molar-refractivity contribution in [3.8, 4) is 17.2 Å². The summed E-state index contributed by atoms with van der Waals surface area (Å²) in [4.78, 5) is 21.9. The third-order valence-electron chi connectivity index (χ3n) is 2.68.